The zero-order valence-electron chi connectivity index (χ0n) is 14.5. The van der Waals surface area contributed by atoms with Crippen LogP contribution in [0.25, 0.3) is 0 Å². The molecule has 5 nitrogen and oxygen atoms in total. The number of carbonyl (C=O) groups is 2. The highest BCUT2D eigenvalue weighted by Gasteiger charge is 2.32. The molecule has 3 unspecified atom stereocenters. The van der Waals surface area contributed by atoms with E-state index in [4.69, 9.17) is 5.11 Å². The van der Waals surface area contributed by atoms with Gasteiger partial charge in [0.2, 0.25) is 0 Å². The van der Waals surface area contributed by atoms with E-state index < -0.39 is 5.97 Å². The quantitative estimate of drug-likeness (QED) is 0.785. The van der Waals surface area contributed by atoms with E-state index in [0.29, 0.717) is 23.9 Å². The largest absolute Gasteiger partial charge is 0.481 e. The highest BCUT2D eigenvalue weighted by molar-refractivity contribution is 5.93. The van der Waals surface area contributed by atoms with Gasteiger partial charge in [0, 0.05) is 18.9 Å². The van der Waals surface area contributed by atoms with Crippen LogP contribution in [0.4, 0.5) is 0 Å². The number of carbonyl (C=O) groups excluding carboxylic acids is 1. The van der Waals surface area contributed by atoms with Gasteiger partial charge in [-0.25, -0.2) is 0 Å². The molecule has 0 spiro atoms. The van der Waals surface area contributed by atoms with Gasteiger partial charge < -0.3 is 10.4 Å². The number of nitrogens with zero attached hydrogens (tertiary/aromatic N) is 1. The SMILES string of the molecule is CC1=CC(CNC(=O)c2cccnc2)C(C(C)C)CC1CC(=O)O. The zero-order valence-corrected chi connectivity index (χ0v) is 14.5. The number of hydrogen-bond donors (Lipinski definition) is 2. The van der Waals surface area contributed by atoms with Gasteiger partial charge in [-0.15, -0.1) is 0 Å². The summed E-state index contributed by atoms with van der Waals surface area (Å²) in [7, 11) is 0. The van der Waals surface area contributed by atoms with E-state index in [0.717, 1.165) is 12.0 Å². The molecule has 1 aromatic rings. The third-order valence-corrected chi connectivity index (χ3v) is 4.93. The first kappa shape index (κ1) is 18.2. The second kappa shape index (κ2) is 8.08. The molecule has 24 heavy (non-hydrogen) atoms. The van der Waals surface area contributed by atoms with E-state index in [1.54, 1.807) is 24.5 Å². The van der Waals surface area contributed by atoms with Gasteiger partial charge in [-0.2, -0.15) is 0 Å². The van der Waals surface area contributed by atoms with E-state index in [9.17, 15) is 9.59 Å². The van der Waals surface area contributed by atoms with Crippen molar-refractivity contribution in [3.05, 3.63) is 41.7 Å². The lowest BCUT2D eigenvalue weighted by molar-refractivity contribution is -0.138. The summed E-state index contributed by atoms with van der Waals surface area (Å²) in [4.78, 5) is 27.2. The van der Waals surface area contributed by atoms with Gasteiger partial charge >= 0.3 is 5.97 Å². The first-order valence-corrected chi connectivity index (χ1v) is 8.46. The minimum atomic E-state index is -0.751. The van der Waals surface area contributed by atoms with Crippen LogP contribution in [0.3, 0.4) is 0 Å². The Kier molecular flexibility index (Phi) is 6.12. The fourth-order valence-electron chi connectivity index (χ4n) is 3.53. The Morgan fingerprint density at radius 1 is 1.42 bits per heavy atom. The monoisotopic (exact) mass is 330 g/mol. The van der Waals surface area contributed by atoms with Gasteiger partial charge in [0.15, 0.2) is 0 Å². The molecular weight excluding hydrogens is 304 g/mol. The van der Waals surface area contributed by atoms with Crippen LogP contribution in [0.5, 0.6) is 0 Å². The van der Waals surface area contributed by atoms with Gasteiger partial charge in [-0.1, -0.05) is 25.5 Å². The molecule has 0 saturated heterocycles. The summed E-state index contributed by atoms with van der Waals surface area (Å²) in [5, 5.41) is 12.1. The number of aliphatic carboxylic acids is 1. The van der Waals surface area contributed by atoms with E-state index >= 15 is 0 Å². The molecule has 5 heteroatoms. The van der Waals surface area contributed by atoms with Crippen LogP contribution in [0.15, 0.2) is 36.2 Å². The second-order valence-corrected chi connectivity index (χ2v) is 6.96. The van der Waals surface area contributed by atoms with E-state index in [1.165, 1.54) is 0 Å². The zero-order chi connectivity index (χ0) is 17.7. The van der Waals surface area contributed by atoms with Crippen LogP contribution in [0, 0.1) is 23.7 Å². The molecule has 1 amide bonds. The molecule has 0 saturated carbocycles. The summed E-state index contributed by atoms with van der Waals surface area (Å²) >= 11 is 0. The Hall–Kier alpha value is -2.17. The van der Waals surface area contributed by atoms with Crippen molar-refractivity contribution in [2.75, 3.05) is 6.54 Å². The number of allylic oxidation sites excluding steroid dienone is 1. The first-order valence-electron chi connectivity index (χ1n) is 8.46. The highest BCUT2D eigenvalue weighted by Crippen LogP contribution is 2.38. The van der Waals surface area contributed by atoms with Crippen LogP contribution in [-0.4, -0.2) is 28.5 Å². The van der Waals surface area contributed by atoms with Crippen LogP contribution >= 0.6 is 0 Å². The van der Waals surface area contributed by atoms with Crippen molar-refractivity contribution in [2.24, 2.45) is 23.7 Å². The van der Waals surface area contributed by atoms with Gasteiger partial charge in [0.1, 0.15) is 0 Å². The highest BCUT2D eigenvalue weighted by atomic mass is 16.4. The maximum absolute atomic E-state index is 12.2. The van der Waals surface area contributed by atoms with E-state index in [1.807, 2.05) is 6.92 Å². The van der Waals surface area contributed by atoms with Crippen LogP contribution in [0.2, 0.25) is 0 Å². The lowest BCUT2D eigenvalue weighted by Gasteiger charge is -2.36. The number of amides is 1. The van der Waals surface area contributed by atoms with Crippen molar-refractivity contribution in [3.8, 4) is 0 Å². The number of carboxylic acids is 1. The number of aromatic nitrogens is 1. The third-order valence-electron chi connectivity index (χ3n) is 4.93. The van der Waals surface area contributed by atoms with Crippen LogP contribution in [0.1, 0.15) is 44.0 Å². The average Bonchev–Trinajstić information content (AvgIpc) is 2.54. The van der Waals surface area contributed by atoms with Gasteiger partial charge in [0.25, 0.3) is 5.91 Å². The molecule has 1 aromatic heterocycles. The summed E-state index contributed by atoms with van der Waals surface area (Å²) < 4.78 is 0. The molecule has 0 fully saturated rings. The maximum atomic E-state index is 12.2. The molecule has 0 radical (unpaired) electrons. The molecule has 3 atom stereocenters. The summed E-state index contributed by atoms with van der Waals surface area (Å²) in [6, 6.07) is 3.49. The predicted molar refractivity (Wildman–Crippen MR) is 92.5 cm³/mol. The molecule has 1 aliphatic rings. The number of rotatable bonds is 6. The Labute approximate surface area is 143 Å². The van der Waals surface area contributed by atoms with Crippen LogP contribution < -0.4 is 5.32 Å². The second-order valence-electron chi connectivity index (χ2n) is 6.96. The Morgan fingerprint density at radius 2 is 2.17 bits per heavy atom. The molecule has 0 bridgehead atoms. The maximum Gasteiger partial charge on any atom is 0.303 e. The lowest BCUT2D eigenvalue weighted by Crippen LogP contribution is -2.37. The smallest absolute Gasteiger partial charge is 0.303 e. The van der Waals surface area contributed by atoms with Gasteiger partial charge in [-0.05, 0) is 49.1 Å². The van der Waals surface area contributed by atoms with Crippen molar-refractivity contribution in [3.63, 3.8) is 0 Å². The third kappa shape index (κ3) is 4.66. The van der Waals surface area contributed by atoms with Crippen molar-refractivity contribution in [1.29, 1.82) is 0 Å². The standard InChI is InChI=1S/C19H26N2O3/c1-12(2)17-8-15(9-18(22)23)13(3)7-16(17)11-21-19(24)14-5-4-6-20-10-14/h4-7,10,12,15-17H,8-9,11H2,1-3H3,(H,21,24)(H,22,23). The first-order chi connectivity index (χ1) is 11.4. The molecule has 1 aliphatic carbocycles. The molecule has 2 rings (SSSR count). The van der Waals surface area contributed by atoms with Crippen molar-refractivity contribution in [2.45, 2.75) is 33.6 Å². The Balaban J connectivity index is 2.05. The normalized spacial score (nSPS) is 23.7. The average molecular weight is 330 g/mol. The summed E-state index contributed by atoms with van der Waals surface area (Å²) in [6.45, 7) is 6.88. The summed E-state index contributed by atoms with van der Waals surface area (Å²) in [5.41, 5.74) is 1.67. The lowest BCUT2D eigenvalue weighted by atomic mass is 9.70. The Bertz CT molecular complexity index is 610. The molecule has 0 aromatic carbocycles. The summed E-state index contributed by atoms with van der Waals surface area (Å²) in [6.07, 6.45) is 6.40. The van der Waals surface area contributed by atoms with Gasteiger partial charge in [-0.3, -0.25) is 14.6 Å². The van der Waals surface area contributed by atoms with E-state index in [2.05, 4.69) is 30.2 Å². The van der Waals surface area contributed by atoms with Crippen molar-refractivity contribution >= 4 is 11.9 Å². The number of hydrogen-bond acceptors (Lipinski definition) is 3. The minimum absolute atomic E-state index is 0.0974. The predicted octanol–water partition coefficient (Wildman–Crippen LogP) is 3.14. The van der Waals surface area contributed by atoms with Crippen molar-refractivity contribution in [1.82, 2.24) is 10.3 Å². The fourth-order valence-corrected chi connectivity index (χ4v) is 3.53. The molecular formula is C19H26N2O3. The number of pyridine rings is 1. The van der Waals surface area contributed by atoms with Gasteiger partial charge in [0.05, 0.1) is 12.0 Å². The summed E-state index contributed by atoms with van der Waals surface area (Å²) in [5.74, 6) is 0.261. The van der Waals surface area contributed by atoms with Crippen LogP contribution in [-0.2, 0) is 4.79 Å². The van der Waals surface area contributed by atoms with Crippen molar-refractivity contribution < 1.29 is 14.7 Å². The molecule has 2 N–H and O–H groups in total. The minimum Gasteiger partial charge on any atom is -0.481 e. The topological polar surface area (TPSA) is 79.3 Å². The molecule has 0 aliphatic heterocycles. The molecule has 130 valence electrons. The number of nitrogens with one attached hydrogen (secondary N) is 1. The number of carboxylic acid groups (broad SMARTS) is 1. The fraction of sp³-hybridized carbons (Fsp3) is 0.526. The van der Waals surface area contributed by atoms with E-state index in [-0.39, 0.29) is 24.2 Å². The molecule has 1 heterocycles. The Morgan fingerprint density at radius 3 is 2.75 bits per heavy atom.